The first kappa shape index (κ1) is 13.0. The van der Waals surface area contributed by atoms with Crippen LogP contribution in [0.5, 0.6) is 0 Å². The number of imide groups is 1. The van der Waals surface area contributed by atoms with Crippen molar-refractivity contribution in [2.75, 3.05) is 13.1 Å². The zero-order chi connectivity index (χ0) is 13.8. The second kappa shape index (κ2) is 5.47. The number of aryl methyl sites for hydroxylation is 1. The Balaban J connectivity index is 1.95. The van der Waals surface area contributed by atoms with E-state index in [1.807, 2.05) is 0 Å². The summed E-state index contributed by atoms with van der Waals surface area (Å²) in [4.78, 5) is 46.7. The molecule has 1 fully saturated rings. The van der Waals surface area contributed by atoms with Crippen LogP contribution < -0.4 is 10.9 Å². The first-order valence-electron chi connectivity index (χ1n) is 5.82. The molecule has 1 saturated heterocycles. The third kappa shape index (κ3) is 3.27. The van der Waals surface area contributed by atoms with Crippen LogP contribution in [-0.2, 0) is 20.9 Å². The first-order valence-corrected chi connectivity index (χ1v) is 5.82. The van der Waals surface area contributed by atoms with Gasteiger partial charge in [0, 0.05) is 25.2 Å². The van der Waals surface area contributed by atoms with Gasteiger partial charge in [0.15, 0.2) is 0 Å². The lowest BCUT2D eigenvalue weighted by atomic mass is 10.3. The van der Waals surface area contributed by atoms with Crippen molar-refractivity contribution in [2.45, 2.75) is 13.0 Å². The van der Waals surface area contributed by atoms with Gasteiger partial charge in [0.1, 0.15) is 13.1 Å². The third-order valence-electron chi connectivity index (χ3n) is 2.77. The summed E-state index contributed by atoms with van der Waals surface area (Å²) in [5, 5.41) is 2.12. The monoisotopic (exact) mass is 263 g/mol. The Kier molecular flexibility index (Phi) is 3.74. The molecule has 1 aromatic heterocycles. The maximum absolute atomic E-state index is 11.9. The van der Waals surface area contributed by atoms with Crippen LogP contribution in [-0.4, -0.2) is 40.3 Å². The molecule has 1 aliphatic heterocycles. The smallest absolute Gasteiger partial charge is 0.250 e. The summed E-state index contributed by atoms with van der Waals surface area (Å²) in [6.45, 7) is -0.00661. The van der Waals surface area contributed by atoms with Crippen LogP contribution in [0.25, 0.3) is 0 Å². The van der Waals surface area contributed by atoms with Crippen molar-refractivity contribution in [3.05, 3.63) is 34.7 Å². The van der Waals surface area contributed by atoms with E-state index in [-0.39, 0.29) is 37.5 Å². The summed E-state index contributed by atoms with van der Waals surface area (Å²) >= 11 is 0. The Labute approximate surface area is 108 Å². The average Bonchev–Trinajstić information content (AvgIpc) is 2.36. The Morgan fingerprint density at radius 1 is 1.16 bits per heavy atom. The van der Waals surface area contributed by atoms with Crippen molar-refractivity contribution < 1.29 is 14.4 Å². The lowest BCUT2D eigenvalue weighted by Crippen LogP contribution is -2.53. The van der Waals surface area contributed by atoms with Crippen molar-refractivity contribution >= 4 is 17.7 Å². The van der Waals surface area contributed by atoms with Gasteiger partial charge >= 0.3 is 0 Å². The normalized spacial score (nSPS) is 15.3. The highest BCUT2D eigenvalue weighted by Crippen LogP contribution is 2.00. The lowest BCUT2D eigenvalue weighted by Gasteiger charge is -2.25. The summed E-state index contributed by atoms with van der Waals surface area (Å²) in [5.41, 5.74) is -0.192. The fourth-order valence-electron chi connectivity index (χ4n) is 1.83. The summed E-state index contributed by atoms with van der Waals surface area (Å²) in [7, 11) is 0. The number of pyridine rings is 1. The van der Waals surface area contributed by atoms with Crippen LogP contribution in [0.1, 0.15) is 6.42 Å². The van der Waals surface area contributed by atoms with E-state index < -0.39 is 11.8 Å². The van der Waals surface area contributed by atoms with Gasteiger partial charge < -0.3 is 9.47 Å². The number of nitrogens with zero attached hydrogens (tertiary/aromatic N) is 2. The molecule has 100 valence electrons. The number of hydrogen-bond donors (Lipinski definition) is 1. The number of aromatic nitrogens is 1. The second-order valence-corrected chi connectivity index (χ2v) is 4.20. The minimum absolute atomic E-state index is 0.0739. The largest absolute Gasteiger partial charge is 0.324 e. The molecule has 0 atom stereocenters. The number of carbonyl (C=O) groups is 3. The molecule has 7 nitrogen and oxygen atoms in total. The van der Waals surface area contributed by atoms with E-state index in [9.17, 15) is 19.2 Å². The van der Waals surface area contributed by atoms with Gasteiger partial charge in [-0.1, -0.05) is 6.07 Å². The van der Waals surface area contributed by atoms with Gasteiger partial charge in [0.05, 0.1) is 0 Å². The van der Waals surface area contributed by atoms with Crippen molar-refractivity contribution in [3.63, 3.8) is 0 Å². The molecule has 0 saturated carbocycles. The third-order valence-corrected chi connectivity index (χ3v) is 2.77. The van der Waals surface area contributed by atoms with E-state index in [2.05, 4.69) is 5.32 Å². The highest BCUT2D eigenvalue weighted by Gasteiger charge is 2.25. The molecule has 1 N–H and O–H groups in total. The van der Waals surface area contributed by atoms with Gasteiger partial charge in [-0.3, -0.25) is 24.5 Å². The Hall–Kier alpha value is -2.44. The summed E-state index contributed by atoms with van der Waals surface area (Å²) in [6, 6.07) is 4.72. The predicted molar refractivity (Wildman–Crippen MR) is 65.0 cm³/mol. The van der Waals surface area contributed by atoms with Gasteiger partial charge in [-0.25, -0.2) is 0 Å². The summed E-state index contributed by atoms with van der Waals surface area (Å²) in [5.74, 6) is -1.29. The number of carbonyl (C=O) groups excluding carboxylic acids is 3. The van der Waals surface area contributed by atoms with Crippen LogP contribution in [0.4, 0.5) is 0 Å². The molecular weight excluding hydrogens is 250 g/mol. The molecule has 3 amide bonds. The van der Waals surface area contributed by atoms with Gasteiger partial charge in [-0.05, 0) is 6.07 Å². The minimum Gasteiger partial charge on any atom is -0.324 e. The molecule has 0 radical (unpaired) electrons. The predicted octanol–water partition coefficient (Wildman–Crippen LogP) is -1.28. The molecule has 1 aromatic rings. The Bertz CT molecular complexity index is 562. The van der Waals surface area contributed by atoms with Gasteiger partial charge in [0.25, 0.3) is 5.56 Å². The molecule has 0 aromatic carbocycles. The molecular formula is C12H13N3O4. The minimum atomic E-state index is -0.485. The molecule has 0 spiro atoms. The number of hydrogen-bond acceptors (Lipinski definition) is 4. The second-order valence-electron chi connectivity index (χ2n) is 4.20. The average molecular weight is 263 g/mol. The zero-order valence-corrected chi connectivity index (χ0v) is 10.2. The van der Waals surface area contributed by atoms with Crippen LogP contribution in [0, 0.1) is 0 Å². The Morgan fingerprint density at radius 3 is 2.47 bits per heavy atom. The topological polar surface area (TPSA) is 88.5 Å². The lowest BCUT2D eigenvalue weighted by molar-refractivity contribution is -0.145. The molecule has 0 unspecified atom stereocenters. The van der Waals surface area contributed by atoms with E-state index >= 15 is 0 Å². The highest BCUT2D eigenvalue weighted by molar-refractivity contribution is 6.02. The molecule has 0 bridgehead atoms. The molecule has 7 heteroatoms. The Morgan fingerprint density at radius 2 is 1.84 bits per heavy atom. The fraction of sp³-hybridized carbons (Fsp3) is 0.333. The van der Waals surface area contributed by atoms with Crippen molar-refractivity contribution in [1.82, 2.24) is 14.8 Å². The molecule has 19 heavy (non-hydrogen) atoms. The SMILES string of the molecule is O=C1CN(C(=O)CCn2ccccc2=O)CC(=O)N1. The zero-order valence-electron chi connectivity index (χ0n) is 10.2. The maximum atomic E-state index is 11.9. The molecule has 0 aliphatic carbocycles. The van der Waals surface area contributed by atoms with Gasteiger partial charge in [0.2, 0.25) is 17.7 Å². The summed E-state index contributed by atoms with van der Waals surface area (Å²) < 4.78 is 1.41. The number of piperazine rings is 1. The van der Waals surface area contributed by atoms with Crippen LogP contribution in [0.2, 0.25) is 0 Å². The standard InChI is InChI=1S/C12H13N3O4/c16-9-7-15(8-10(17)13-9)12(19)4-6-14-5-2-1-3-11(14)18/h1-3,5H,4,6-8H2,(H,13,16,17). The quantitative estimate of drug-likeness (QED) is 0.688. The van der Waals surface area contributed by atoms with Crippen LogP contribution >= 0.6 is 0 Å². The van der Waals surface area contributed by atoms with Crippen molar-refractivity contribution in [3.8, 4) is 0 Å². The van der Waals surface area contributed by atoms with Crippen LogP contribution in [0.15, 0.2) is 29.2 Å². The van der Waals surface area contributed by atoms with E-state index in [0.717, 1.165) is 0 Å². The van der Waals surface area contributed by atoms with E-state index in [1.54, 1.807) is 18.3 Å². The van der Waals surface area contributed by atoms with Crippen molar-refractivity contribution in [2.24, 2.45) is 0 Å². The number of rotatable bonds is 3. The van der Waals surface area contributed by atoms with E-state index in [4.69, 9.17) is 0 Å². The van der Waals surface area contributed by atoms with Gasteiger partial charge in [-0.15, -0.1) is 0 Å². The summed E-state index contributed by atoms with van der Waals surface area (Å²) in [6.07, 6.45) is 1.66. The van der Waals surface area contributed by atoms with Gasteiger partial charge in [-0.2, -0.15) is 0 Å². The van der Waals surface area contributed by atoms with Crippen LogP contribution in [0.3, 0.4) is 0 Å². The van der Waals surface area contributed by atoms with E-state index in [1.165, 1.54) is 15.5 Å². The molecule has 2 heterocycles. The fourth-order valence-corrected chi connectivity index (χ4v) is 1.83. The highest BCUT2D eigenvalue weighted by atomic mass is 16.2. The maximum Gasteiger partial charge on any atom is 0.250 e. The number of amides is 3. The molecule has 1 aliphatic rings. The number of nitrogens with one attached hydrogen (secondary N) is 1. The van der Waals surface area contributed by atoms with E-state index in [0.29, 0.717) is 0 Å². The first-order chi connectivity index (χ1) is 9.06. The molecule has 2 rings (SSSR count). The van der Waals surface area contributed by atoms with Crippen molar-refractivity contribution in [1.29, 1.82) is 0 Å².